The monoisotopic (exact) mass is 321 g/mol. The van der Waals surface area contributed by atoms with Crippen LogP contribution in [0.4, 0.5) is 11.4 Å². The minimum atomic E-state index is -0.804. The number of esters is 1. The fraction of sp³-hybridized carbons (Fsp3) is 0.231. The summed E-state index contributed by atoms with van der Waals surface area (Å²) in [5, 5.41) is 22.0. The van der Waals surface area contributed by atoms with Crippen molar-refractivity contribution in [3.63, 3.8) is 0 Å². The molecule has 0 saturated heterocycles. The van der Waals surface area contributed by atoms with E-state index in [2.05, 4.69) is 4.99 Å². The molecule has 0 radical (unpaired) electrons. The predicted molar refractivity (Wildman–Crippen MR) is 76.8 cm³/mol. The molecule has 0 spiro atoms. The standard InChI is InChI=1S/C13H11N3O7/c1-3-22-6-10-13(17)23-12(14-10)9-4-8(15(18)19)5-11(7(9)2)16(20)21/h4-6H,3H2,1-2H3/b10-6+. The van der Waals surface area contributed by atoms with Crippen molar-refractivity contribution < 1.29 is 24.1 Å². The van der Waals surface area contributed by atoms with Crippen LogP contribution in [0.25, 0.3) is 0 Å². The average molecular weight is 321 g/mol. The molecule has 1 aromatic carbocycles. The Balaban J connectivity index is 2.57. The van der Waals surface area contributed by atoms with E-state index in [0.717, 1.165) is 18.4 Å². The van der Waals surface area contributed by atoms with Crippen LogP contribution in [0.1, 0.15) is 18.1 Å². The first-order valence-corrected chi connectivity index (χ1v) is 6.41. The van der Waals surface area contributed by atoms with Gasteiger partial charge in [0.2, 0.25) is 5.90 Å². The molecule has 0 bridgehead atoms. The maximum atomic E-state index is 11.7. The van der Waals surface area contributed by atoms with Gasteiger partial charge < -0.3 is 9.47 Å². The summed E-state index contributed by atoms with van der Waals surface area (Å²) in [4.78, 5) is 36.0. The summed E-state index contributed by atoms with van der Waals surface area (Å²) in [6, 6.07) is 1.91. The number of ether oxygens (including phenoxy) is 2. The second kappa shape index (κ2) is 6.22. The van der Waals surface area contributed by atoms with E-state index in [1.165, 1.54) is 6.92 Å². The number of non-ortho nitro benzene ring substituents is 1. The lowest BCUT2D eigenvalue weighted by Gasteiger charge is -2.05. The van der Waals surface area contributed by atoms with Gasteiger partial charge in [0.15, 0.2) is 5.70 Å². The number of carbonyl (C=O) groups excluding carboxylic acids is 1. The number of nitro benzene ring substituents is 2. The number of carbonyl (C=O) groups is 1. The van der Waals surface area contributed by atoms with Gasteiger partial charge in [0, 0.05) is 11.6 Å². The normalized spacial score (nSPS) is 15.3. The van der Waals surface area contributed by atoms with E-state index < -0.39 is 27.2 Å². The van der Waals surface area contributed by atoms with Gasteiger partial charge in [-0.25, -0.2) is 9.79 Å². The lowest BCUT2D eigenvalue weighted by atomic mass is 10.1. The molecule has 120 valence electrons. The Bertz CT molecular complexity index is 767. The Morgan fingerprint density at radius 3 is 2.57 bits per heavy atom. The highest BCUT2D eigenvalue weighted by Crippen LogP contribution is 2.30. The van der Waals surface area contributed by atoms with Gasteiger partial charge in [-0.1, -0.05) is 0 Å². The highest BCUT2D eigenvalue weighted by molar-refractivity contribution is 6.12. The summed E-state index contributed by atoms with van der Waals surface area (Å²) in [6.45, 7) is 3.40. The minimum absolute atomic E-state index is 0.000788. The molecule has 1 heterocycles. The van der Waals surface area contributed by atoms with Crippen molar-refractivity contribution in [2.45, 2.75) is 13.8 Å². The van der Waals surface area contributed by atoms with Gasteiger partial charge in [-0.05, 0) is 13.8 Å². The molecule has 1 aliphatic rings. The van der Waals surface area contributed by atoms with Crippen molar-refractivity contribution in [2.75, 3.05) is 6.61 Å². The molecule has 0 aromatic heterocycles. The lowest BCUT2D eigenvalue weighted by molar-refractivity contribution is -0.394. The molecular weight excluding hydrogens is 310 g/mol. The van der Waals surface area contributed by atoms with Crippen molar-refractivity contribution in [1.29, 1.82) is 0 Å². The Morgan fingerprint density at radius 1 is 1.30 bits per heavy atom. The largest absolute Gasteiger partial charge is 0.499 e. The topological polar surface area (TPSA) is 134 Å². The van der Waals surface area contributed by atoms with Crippen molar-refractivity contribution in [3.05, 3.63) is 55.4 Å². The third-order valence-corrected chi connectivity index (χ3v) is 2.99. The van der Waals surface area contributed by atoms with Crippen LogP contribution < -0.4 is 0 Å². The Morgan fingerprint density at radius 2 is 2.00 bits per heavy atom. The quantitative estimate of drug-likeness (QED) is 0.266. The van der Waals surface area contributed by atoms with E-state index in [-0.39, 0.29) is 22.7 Å². The van der Waals surface area contributed by atoms with Gasteiger partial charge in [-0.15, -0.1) is 0 Å². The number of rotatable bonds is 5. The molecule has 0 N–H and O–H groups in total. The van der Waals surface area contributed by atoms with E-state index in [1.54, 1.807) is 6.92 Å². The summed E-state index contributed by atoms with van der Waals surface area (Å²) in [5.41, 5.74) is -0.993. The third kappa shape index (κ3) is 3.15. The highest BCUT2D eigenvalue weighted by Gasteiger charge is 2.30. The summed E-state index contributed by atoms with van der Waals surface area (Å²) in [6.07, 6.45) is 1.09. The first kappa shape index (κ1) is 16.1. The van der Waals surface area contributed by atoms with E-state index in [9.17, 15) is 25.0 Å². The van der Waals surface area contributed by atoms with Crippen molar-refractivity contribution in [2.24, 2.45) is 4.99 Å². The van der Waals surface area contributed by atoms with Gasteiger partial charge in [0.05, 0.1) is 28.1 Å². The molecule has 10 heteroatoms. The Kier molecular flexibility index (Phi) is 4.35. The lowest BCUT2D eigenvalue weighted by Crippen LogP contribution is -2.09. The molecule has 0 fully saturated rings. The number of hydrogen-bond acceptors (Lipinski definition) is 8. The van der Waals surface area contributed by atoms with Crippen LogP contribution in [0, 0.1) is 27.2 Å². The van der Waals surface area contributed by atoms with Crippen LogP contribution in [-0.2, 0) is 14.3 Å². The first-order valence-electron chi connectivity index (χ1n) is 6.41. The smallest absolute Gasteiger partial charge is 0.367 e. The SMILES string of the molecule is CCO/C=C1/N=C(c2cc([N+](=O)[O-])cc([N+](=O)[O-])c2C)OC1=O. The van der Waals surface area contributed by atoms with Crippen molar-refractivity contribution in [1.82, 2.24) is 0 Å². The Labute approximate surface area is 129 Å². The molecular formula is C13H11N3O7. The summed E-state index contributed by atoms with van der Waals surface area (Å²) >= 11 is 0. The molecule has 0 saturated carbocycles. The highest BCUT2D eigenvalue weighted by atomic mass is 16.6. The van der Waals surface area contributed by atoms with Crippen LogP contribution in [-0.4, -0.2) is 28.3 Å². The number of aliphatic imine (C=N–C) groups is 1. The van der Waals surface area contributed by atoms with Crippen LogP contribution in [0.5, 0.6) is 0 Å². The van der Waals surface area contributed by atoms with Crippen LogP contribution in [0.15, 0.2) is 29.1 Å². The molecule has 10 nitrogen and oxygen atoms in total. The predicted octanol–water partition coefficient (Wildman–Crippen LogP) is 1.99. The molecule has 0 unspecified atom stereocenters. The second-order valence-corrected chi connectivity index (χ2v) is 4.42. The van der Waals surface area contributed by atoms with E-state index in [4.69, 9.17) is 9.47 Å². The van der Waals surface area contributed by atoms with Gasteiger partial charge >= 0.3 is 5.97 Å². The molecule has 2 rings (SSSR count). The van der Waals surface area contributed by atoms with Crippen molar-refractivity contribution in [3.8, 4) is 0 Å². The molecule has 23 heavy (non-hydrogen) atoms. The molecule has 0 aliphatic carbocycles. The van der Waals surface area contributed by atoms with E-state index in [0.29, 0.717) is 6.61 Å². The number of cyclic esters (lactones) is 1. The van der Waals surface area contributed by atoms with Gasteiger partial charge in [0.25, 0.3) is 11.4 Å². The molecule has 1 aliphatic heterocycles. The molecule has 0 atom stereocenters. The van der Waals surface area contributed by atoms with Crippen molar-refractivity contribution >= 4 is 23.2 Å². The van der Waals surface area contributed by atoms with E-state index in [1.807, 2.05) is 0 Å². The second-order valence-electron chi connectivity index (χ2n) is 4.42. The van der Waals surface area contributed by atoms with Crippen LogP contribution >= 0.6 is 0 Å². The number of nitrogens with zero attached hydrogens (tertiary/aromatic N) is 3. The minimum Gasteiger partial charge on any atom is -0.499 e. The number of benzene rings is 1. The third-order valence-electron chi connectivity index (χ3n) is 2.99. The van der Waals surface area contributed by atoms with E-state index >= 15 is 0 Å². The maximum Gasteiger partial charge on any atom is 0.367 e. The fourth-order valence-corrected chi connectivity index (χ4v) is 1.87. The molecule has 1 aromatic rings. The van der Waals surface area contributed by atoms with Crippen LogP contribution in [0.2, 0.25) is 0 Å². The van der Waals surface area contributed by atoms with Gasteiger partial charge in [-0.2, -0.15) is 0 Å². The maximum absolute atomic E-state index is 11.7. The number of nitro groups is 2. The zero-order chi connectivity index (χ0) is 17.1. The van der Waals surface area contributed by atoms with Crippen LogP contribution in [0.3, 0.4) is 0 Å². The average Bonchev–Trinajstić information content (AvgIpc) is 2.85. The molecule has 0 amide bonds. The fourth-order valence-electron chi connectivity index (χ4n) is 1.87. The van der Waals surface area contributed by atoms with Gasteiger partial charge in [-0.3, -0.25) is 20.2 Å². The summed E-state index contributed by atoms with van der Waals surface area (Å²) in [7, 11) is 0. The first-order chi connectivity index (χ1) is 10.8. The Hall–Kier alpha value is -3.30. The number of hydrogen-bond donors (Lipinski definition) is 0. The zero-order valence-corrected chi connectivity index (χ0v) is 12.1. The summed E-state index contributed by atoms with van der Waals surface area (Å²) in [5.74, 6) is -1.05. The zero-order valence-electron chi connectivity index (χ0n) is 12.1. The van der Waals surface area contributed by atoms with Gasteiger partial charge in [0.1, 0.15) is 6.26 Å². The summed E-state index contributed by atoms with van der Waals surface area (Å²) < 4.78 is 9.86.